The molecule has 0 radical (unpaired) electrons. The Morgan fingerprint density at radius 3 is 2.62 bits per heavy atom. The van der Waals surface area contributed by atoms with E-state index in [1.807, 2.05) is 19.1 Å². The van der Waals surface area contributed by atoms with Gasteiger partial charge in [0.1, 0.15) is 0 Å². The Morgan fingerprint density at radius 1 is 1.33 bits per heavy atom. The number of hydrogen-bond acceptors (Lipinski definition) is 6. The number of carbonyl (C=O) groups is 1. The molecule has 0 saturated heterocycles. The number of furan rings is 1. The molecule has 0 spiro atoms. The summed E-state index contributed by atoms with van der Waals surface area (Å²) >= 11 is 1.51. The first-order valence-electron chi connectivity index (χ1n) is 6.10. The predicted octanol–water partition coefficient (Wildman–Crippen LogP) is 2.48. The Kier molecular flexibility index (Phi) is 4.50. The number of thiophene rings is 1. The Bertz CT molecular complexity index is 744. The lowest BCUT2D eigenvalue weighted by Gasteiger charge is -2.10. The average molecular weight is 329 g/mol. The number of carbonyl (C=O) groups excluding carboxylic acids is 1. The Labute approximate surface area is 126 Å². The number of aryl methyl sites for hydroxylation is 1. The molecule has 6 nitrogen and oxygen atoms in total. The van der Waals surface area contributed by atoms with Crippen molar-refractivity contribution in [3.63, 3.8) is 0 Å². The lowest BCUT2D eigenvalue weighted by atomic mass is 10.3. The highest BCUT2D eigenvalue weighted by Gasteiger charge is 2.24. The van der Waals surface area contributed by atoms with Gasteiger partial charge in [0.2, 0.25) is 10.9 Å². The van der Waals surface area contributed by atoms with Crippen LogP contribution < -0.4 is 4.72 Å². The van der Waals surface area contributed by atoms with Gasteiger partial charge >= 0.3 is 5.97 Å². The number of esters is 1. The van der Waals surface area contributed by atoms with E-state index in [4.69, 9.17) is 4.42 Å². The van der Waals surface area contributed by atoms with Crippen molar-refractivity contribution in [1.82, 2.24) is 4.72 Å². The van der Waals surface area contributed by atoms with E-state index in [1.165, 1.54) is 30.6 Å². The second kappa shape index (κ2) is 6.00. The first kappa shape index (κ1) is 15.7. The number of sulfonamides is 1. The van der Waals surface area contributed by atoms with Crippen molar-refractivity contribution >= 4 is 27.3 Å². The lowest BCUT2D eigenvalue weighted by Crippen LogP contribution is -2.26. The number of rotatable bonds is 5. The zero-order valence-corrected chi connectivity index (χ0v) is 13.4. The van der Waals surface area contributed by atoms with Crippen LogP contribution in [-0.4, -0.2) is 21.5 Å². The summed E-state index contributed by atoms with van der Waals surface area (Å²) in [6, 6.07) is 5.89. The fourth-order valence-corrected chi connectivity index (χ4v) is 3.82. The molecule has 0 aliphatic heterocycles. The average Bonchev–Trinajstić information content (AvgIpc) is 3.06. The number of ether oxygens (including phenoxy) is 1. The van der Waals surface area contributed by atoms with Crippen LogP contribution in [0, 0.1) is 6.92 Å². The maximum absolute atomic E-state index is 12.2. The summed E-state index contributed by atoms with van der Waals surface area (Å²) < 4.78 is 36.4. The van der Waals surface area contributed by atoms with Crippen LogP contribution in [0.1, 0.15) is 33.3 Å². The SMILES string of the molecule is COC(=O)c1ccc(S(=O)(=O)N[C@H](C)c2ccc(C)s2)o1. The lowest BCUT2D eigenvalue weighted by molar-refractivity contribution is 0.0559. The molecule has 0 aromatic carbocycles. The summed E-state index contributed by atoms with van der Waals surface area (Å²) in [6.07, 6.45) is 0. The highest BCUT2D eigenvalue weighted by atomic mass is 32.2. The fourth-order valence-electron chi connectivity index (χ4n) is 1.71. The molecule has 0 fully saturated rings. The smallest absolute Gasteiger partial charge is 0.374 e. The molecule has 0 aliphatic carbocycles. The van der Waals surface area contributed by atoms with Crippen molar-refractivity contribution in [2.45, 2.75) is 25.0 Å². The van der Waals surface area contributed by atoms with Crippen molar-refractivity contribution in [1.29, 1.82) is 0 Å². The largest absolute Gasteiger partial charge is 0.463 e. The van der Waals surface area contributed by atoms with Gasteiger partial charge in [-0.1, -0.05) is 0 Å². The molecule has 1 N–H and O–H groups in total. The molecule has 0 unspecified atom stereocenters. The van der Waals surface area contributed by atoms with Crippen molar-refractivity contribution in [2.24, 2.45) is 0 Å². The second-order valence-electron chi connectivity index (χ2n) is 4.40. The molecule has 2 heterocycles. The zero-order valence-electron chi connectivity index (χ0n) is 11.7. The van der Waals surface area contributed by atoms with E-state index in [0.29, 0.717) is 0 Å². The molecule has 8 heteroatoms. The summed E-state index contributed by atoms with van der Waals surface area (Å²) in [5, 5.41) is -0.317. The van der Waals surface area contributed by atoms with E-state index in [9.17, 15) is 13.2 Å². The minimum Gasteiger partial charge on any atom is -0.463 e. The van der Waals surface area contributed by atoms with Crippen LogP contribution >= 0.6 is 11.3 Å². The third-order valence-corrected chi connectivity index (χ3v) is 5.35. The third-order valence-electron chi connectivity index (χ3n) is 2.75. The van der Waals surface area contributed by atoms with Crippen LogP contribution in [0.15, 0.2) is 33.8 Å². The monoisotopic (exact) mass is 329 g/mol. The summed E-state index contributed by atoms with van der Waals surface area (Å²) in [6.45, 7) is 3.69. The maximum atomic E-state index is 12.2. The summed E-state index contributed by atoms with van der Waals surface area (Å²) in [5.41, 5.74) is 0. The van der Waals surface area contributed by atoms with Gasteiger partial charge in [-0.25, -0.2) is 17.9 Å². The molecule has 1 atom stereocenters. The van der Waals surface area contributed by atoms with Crippen molar-refractivity contribution in [2.75, 3.05) is 7.11 Å². The first-order chi connectivity index (χ1) is 9.83. The number of hydrogen-bond donors (Lipinski definition) is 1. The molecule has 0 saturated carbocycles. The molecule has 21 heavy (non-hydrogen) atoms. The van der Waals surface area contributed by atoms with Crippen LogP contribution in [0.25, 0.3) is 0 Å². The standard InChI is InChI=1S/C13H15NO5S2/c1-8-4-6-11(20-8)9(2)14-21(16,17)12-7-5-10(19-12)13(15)18-3/h4-7,9,14H,1-3H3/t9-/m1/s1. The molecule has 2 aromatic heterocycles. The van der Waals surface area contributed by atoms with Crippen LogP contribution in [0.3, 0.4) is 0 Å². The van der Waals surface area contributed by atoms with Gasteiger partial charge in [-0.15, -0.1) is 11.3 Å². The summed E-state index contributed by atoms with van der Waals surface area (Å²) in [7, 11) is -2.64. The molecule has 2 aromatic rings. The molecular weight excluding hydrogens is 314 g/mol. The van der Waals surface area contributed by atoms with Crippen molar-refractivity contribution < 1.29 is 22.4 Å². The molecule has 114 valence electrons. The van der Waals surface area contributed by atoms with E-state index < -0.39 is 16.0 Å². The number of nitrogens with one attached hydrogen (secondary N) is 1. The van der Waals surface area contributed by atoms with Gasteiger partial charge in [0.25, 0.3) is 10.0 Å². The Balaban J connectivity index is 2.18. The fraction of sp³-hybridized carbons (Fsp3) is 0.308. The topological polar surface area (TPSA) is 85.6 Å². The summed E-state index contributed by atoms with van der Waals surface area (Å²) in [4.78, 5) is 13.3. The molecule has 0 bridgehead atoms. The van der Waals surface area contributed by atoms with Crippen LogP contribution in [0.5, 0.6) is 0 Å². The van der Waals surface area contributed by atoms with Crippen LogP contribution in [0.4, 0.5) is 0 Å². The highest BCUT2D eigenvalue weighted by Crippen LogP contribution is 2.24. The van der Waals surface area contributed by atoms with Gasteiger partial charge in [0.05, 0.1) is 13.2 Å². The predicted molar refractivity (Wildman–Crippen MR) is 77.8 cm³/mol. The zero-order chi connectivity index (χ0) is 15.6. The van der Waals surface area contributed by atoms with E-state index in [2.05, 4.69) is 9.46 Å². The van der Waals surface area contributed by atoms with Crippen molar-refractivity contribution in [3.8, 4) is 0 Å². The second-order valence-corrected chi connectivity index (χ2v) is 7.37. The Hall–Kier alpha value is -1.64. The molecular formula is C13H15NO5S2. The highest BCUT2D eigenvalue weighted by molar-refractivity contribution is 7.89. The first-order valence-corrected chi connectivity index (χ1v) is 8.40. The van der Waals surface area contributed by atoms with E-state index in [0.717, 1.165) is 9.75 Å². The third kappa shape index (κ3) is 3.52. The maximum Gasteiger partial charge on any atom is 0.374 e. The van der Waals surface area contributed by atoms with Gasteiger partial charge in [-0.2, -0.15) is 0 Å². The van der Waals surface area contributed by atoms with Crippen LogP contribution in [-0.2, 0) is 14.8 Å². The van der Waals surface area contributed by atoms with Gasteiger partial charge < -0.3 is 9.15 Å². The van der Waals surface area contributed by atoms with Crippen LogP contribution in [0.2, 0.25) is 0 Å². The summed E-state index contributed by atoms with van der Waals surface area (Å²) in [5.74, 6) is -0.879. The molecule has 2 rings (SSSR count). The van der Waals surface area contributed by atoms with E-state index >= 15 is 0 Å². The van der Waals surface area contributed by atoms with E-state index in [-0.39, 0.29) is 16.9 Å². The van der Waals surface area contributed by atoms with E-state index in [1.54, 1.807) is 6.92 Å². The minimum atomic E-state index is -3.84. The number of methoxy groups -OCH3 is 1. The van der Waals surface area contributed by atoms with Gasteiger partial charge in [-0.3, -0.25) is 0 Å². The normalized spacial score (nSPS) is 13.1. The molecule has 0 amide bonds. The van der Waals surface area contributed by atoms with Gasteiger partial charge in [-0.05, 0) is 38.1 Å². The Morgan fingerprint density at radius 2 is 2.05 bits per heavy atom. The minimum absolute atomic E-state index is 0.155. The molecule has 0 aliphatic rings. The van der Waals surface area contributed by atoms with Gasteiger partial charge in [0.15, 0.2) is 0 Å². The van der Waals surface area contributed by atoms with Crippen molar-refractivity contribution in [3.05, 3.63) is 39.8 Å². The quantitative estimate of drug-likeness (QED) is 0.852. The van der Waals surface area contributed by atoms with Gasteiger partial charge in [0, 0.05) is 9.75 Å².